The molecule has 26 heavy (non-hydrogen) atoms. The highest BCUT2D eigenvalue weighted by atomic mass is 16.5. The fourth-order valence-corrected chi connectivity index (χ4v) is 5.37. The van der Waals surface area contributed by atoms with E-state index in [4.69, 9.17) is 13.9 Å². The molecule has 3 saturated heterocycles. The van der Waals surface area contributed by atoms with Crippen LogP contribution in [0.25, 0.3) is 0 Å². The monoisotopic (exact) mass is 362 g/mol. The van der Waals surface area contributed by atoms with E-state index < -0.39 is 0 Å². The third-order valence-electron chi connectivity index (χ3n) is 6.95. The van der Waals surface area contributed by atoms with Gasteiger partial charge in [0.1, 0.15) is 0 Å². The van der Waals surface area contributed by atoms with Crippen molar-refractivity contribution >= 4 is 0 Å². The molecule has 3 aliphatic heterocycles. The lowest BCUT2D eigenvalue weighted by atomic mass is 9.71. The smallest absolute Gasteiger partial charge is 0.0947 e. The van der Waals surface area contributed by atoms with Crippen LogP contribution < -0.4 is 0 Å². The summed E-state index contributed by atoms with van der Waals surface area (Å²) in [5, 5.41) is 0. The van der Waals surface area contributed by atoms with E-state index in [0.29, 0.717) is 11.3 Å². The Labute approximate surface area is 157 Å². The number of rotatable bonds is 6. The molecule has 0 aromatic carbocycles. The second-order valence-electron chi connectivity index (χ2n) is 8.67. The zero-order valence-electron chi connectivity index (χ0n) is 16.2. The summed E-state index contributed by atoms with van der Waals surface area (Å²) in [7, 11) is 1.86. The van der Waals surface area contributed by atoms with Crippen molar-refractivity contribution in [3.8, 4) is 0 Å². The maximum atomic E-state index is 5.63. The molecule has 1 aromatic rings. The number of nitrogens with zero attached hydrogens (tertiary/aromatic N) is 2. The predicted octanol–water partition coefficient (Wildman–Crippen LogP) is 2.87. The van der Waals surface area contributed by atoms with Gasteiger partial charge in [-0.1, -0.05) is 0 Å². The van der Waals surface area contributed by atoms with E-state index in [0.717, 1.165) is 32.3 Å². The molecule has 4 heterocycles. The third-order valence-corrected chi connectivity index (χ3v) is 6.95. The number of furan rings is 1. The van der Waals surface area contributed by atoms with Crippen LogP contribution >= 0.6 is 0 Å². The Balaban J connectivity index is 1.34. The Morgan fingerprint density at radius 3 is 2.69 bits per heavy atom. The summed E-state index contributed by atoms with van der Waals surface area (Å²) in [5.74, 6) is 1.51. The molecule has 0 N–H and O–H groups in total. The molecule has 5 nitrogen and oxygen atoms in total. The van der Waals surface area contributed by atoms with Crippen molar-refractivity contribution in [1.82, 2.24) is 9.80 Å². The molecule has 1 aromatic heterocycles. The van der Waals surface area contributed by atoms with E-state index in [1.165, 1.54) is 64.0 Å². The van der Waals surface area contributed by atoms with Gasteiger partial charge in [0.15, 0.2) is 0 Å². The van der Waals surface area contributed by atoms with Gasteiger partial charge < -0.3 is 18.8 Å². The van der Waals surface area contributed by atoms with Gasteiger partial charge in [-0.05, 0) is 56.2 Å². The molecular weight excluding hydrogens is 328 g/mol. The van der Waals surface area contributed by atoms with E-state index in [-0.39, 0.29) is 0 Å². The van der Waals surface area contributed by atoms with Gasteiger partial charge in [-0.2, -0.15) is 0 Å². The van der Waals surface area contributed by atoms with Crippen LogP contribution in [0.2, 0.25) is 0 Å². The molecule has 0 saturated carbocycles. The van der Waals surface area contributed by atoms with E-state index in [2.05, 4.69) is 15.9 Å². The Morgan fingerprint density at radius 1 is 1.19 bits per heavy atom. The summed E-state index contributed by atoms with van der Waals surface area (Å²) in [6, 6.07) is 2.09. The molecule has 3 fully saturated rings. The van der Waals surface area contributed by atoms with Crippen LogP contribution in [-0.2, 0) is 16.0 Å². The summed E-state index contributed by atoms with van der Waals surface area (Å²) in [4.78, 5) is 5.33. The highest BCUT2D eigenvalue weighted by molar-refractivity contribution is 5.06. The Hall–Kier alpha value is -0.880. The minimum atomic E-state index is 0.452. The van der Waals surface area contributed by atoms with Crippen LogP contribution in [0, 0.1) is 17.3 Å². The molecule has 1 spiro atoms. The van der Waals surface area contributed by atoms with Crippen LogP contribution in [0.1, 0.15) is 31.2 Å². The summed E-state index contributed by atoms with van der Waals surface area (Å²) >= 11 is 0. The van der Waals surface area contributed by atoms with Crippen molar-refractivity contribution < 1.29 is 13.9 Å². The number of ether oxygens (including phenoxy) is 2. The van der Waals surface area contributed by atoms with E-state index >= 15 is 0 Å². The minimum Gasteiger partial charge on any atom is -0.472 e. The summed E-state index contributed by atoms with van der Waals surface area (Å²) in [6.45, 7) is 9.95. The van der Waals surface area contributed by atoms with Crippen molar-refractivity contribution in [3.63, 3.8) is 0 Å². The lowest BCUT2D eigenvalue weighted by Gasteiger charge is -2.42. The lowest BCUT2D eigenvalue weighted by molar-refractivity contribution is 0.0335. The van der Waals surface area contributed by atoms with E-state index in [1.54, 1.807) is 6.26 Å². The molecule has 0 aliphatic carbocycles. The van der Waals surface area contributed by atoms with E-state index in [1.807, 2.05) is 13.4 Å². The molecule has 5 heteroatoms. The second-order valence-corrected chi connectivity index (χ2v) is 8.67. The number of hydrogen-bond acceptors (Lipinski definition) is 5. The Kier molecular flexibility index (Phi) is 5.99. The fourth-order valence-electron chi connectivity index (χ4n) is 5.37. The van der Waals surface area contributed by atoms with Gasteiger partial charge in [0.25, 0.3) is 0 Å². The fraction of sp³-hybridized carbons (Fsp3) is 0.810. The van der Waals surface area contributed by atoms with Gasteiger partial charge in [-0.25, -0.2) is 0 Å². The predicted molar refractivity (Wildman–Crippen MR) is 101 cm³/mol. The number of piperidine rings is 1. The van der Waals surface area contributed by atoms with Crippen molar-refractivity contribution in [1.29, 1.82) is 0 Å². The standard InChI is InChI=1S/C21H34N2O3/c1-24-16-20-14-23(12-18-2-9-25-10-3-18)17-21(20)5-7-22(8-6-21)13-19-4-11-26-15-19/h4,11,15,18,20H,2-3,5-10,12-14,16-17H2,1H3. The normalized spacial score (nSPS) is 28.1. The molecule has 1 unspecified atom stereocenters. The summed E-state index contributed by atoms with van der Waals surface area (Å²) in [6.07, 6.45) is 8.71. The van der Waals surface area contributed by atoms with Crippen molar-refractivity contribution in [2.45, 2.75) is 32.2 Å². The minimum absolute atomic E-state index is 0.452. The largest absolute Gasteiger partial charge is 0.472 e. The lowest BCUT2D eigenvalue weighted by Crippen LogP contribution is -2.45. The third kappa shape index (κ3) is 4.16. The highest BCUT2D eigenvalue weighted by Crippen LogP contribution is 2.45. The van der Waals surface area contributed by atoms with Gasteiger partial charge in [0.2, 0.25) is 0 Å². The highest BCUT2D eigenvalue weighted by Gasteiger charge is 2.48. The van der Waals surface area contributed by atoms with Crippen molar-refractivity contribution in [2.75, 3.05) is 59.7 Å². The molecule has 0 radical (unpaired) electrons. The van der Waals surface area contributed by atoms with Gasteiger partial charge in [-0.15, -0.1) is 0 Å². The first-order valence-corrected chi connectivity index (χ1v) is 10.3. The maximum Gasteiger partial charge on any atom is 0.0947 e. The van der Waals surface area contributed by atoms with Crippen LogP contribution in [-0.4, -0.2) is 69.5 Å². The van der Waals surface area contributed by atoms with Gasteiger partial charge in [0, 0.05) is 58.0 Å². The number of likely N-dealkylation sites (tertiary alicyclic amines) is 2. The molecule has 4 rings (SSSR count). The van der Waals surface area contributed by atoms with Crippen LogP contribution in [0.4, 0.5) is 0 Å². The zero-order chi connectivity index (χ0) is 17.8. The quantitative estimate of drug-likeness (QED) is 0.778. The topological polar surface area (TPSA) is 38.1 Å². The molecule has 146 valence electrons. The van der Waals surface area contributed by atoms with Gasteiger partial charge in [-0.3, -0.25) is 4.90 Å². The zero-order valence-corrected chi connectivity index (χ0v) is 16.2. The average Bonchev–Trinajstić information content (AvgIpc) is 3.27. The first-order chi connectivity index (χ1) is 12.8. The molecule has 3 aliphatic rings. The average molecular weight is 363 g/mol. The van der Waals surface area contributed by atoms with Crippen molar-refractivity contribution in [2.24, 2.45) is 17.3 Å². The molecular formula is C21H34N2O3. The second kappa shape index (κ2) is 8.42. The van der Waals surface area contributed by atoms with E-state index in [9.17, 15) is 0 Å². The van der Waals surface area contributed by atoms with Crippen LogP contribution in [0.5, 0.6) is 0 Å². The molecule has 0 bridgehead atoms. The Bertz CT molecular complexity index is 533. The number of methoxy groups -OCH3 is 1. The van der Waals surface area contributed by atoms with Crippen LogP contribution in [0.15, 0.2) is 23.0 Å². The first kappa shape index (κ1) is 18.5. The maximum absolute atomic E-state index is 5.63. The SMILES string of the molecule is COCC1CN(CC2CCOCC2)CC12CCN(Cc1ccoc1)CC2. The van der Waals surface area contributed by atoms with Crippen molar-refractivity contribution in [3.05, 3.63) is 24.2 Å². The molecule has 0 amide bonds. The summed E-state index contributed by atoms with van der Waals surface area (Å²) in [5.41, 5.74) is 1.75. The Morgan fingerprint density at radius 2 is 2.00 bits per heavy atom. The first-order valence-electron chi connectivity index (χ1n) is 10.3. The number of hydrogen-bond donors (Lipinski definition) is 0. The molecule has 1 atom stereocenters. The van der Waals surface area contributed by atoms with Crippen LogP contribution in [0.3, 0.4) is 0 Å². The van der Waals surface area contributed by atoms with Gasteiger partial charge in [0.05, 0.1) is 19.1 Å². The van der Waals surface area contributed by atoms with Gasteiger partial charge >= 0.3 is 0 Å². The summed E-state index contributed by atoms with van der Waals surface area (Å²) < 4.78 is 16.4.